The molecular weight excluding hydrogens is 934 g/mol. The first-order valence-corrected chi connectivity index (χ1v) is 34.1. The van der Waals surface area contributed by atoms with Crippen LogP contribution in [0, 0.1) is 0 Å². The molecule has 0 aliphatic rings. The molecule has 0 saturated carbocycles. The van der Waals surface area contributed by atoms with E-state index in [0.29, 0.717) is 0 Å². The van der Waals surface area contributed by atoms with Gasteiger partial charge in [0, 0.05) is 16.4 Å². The lowest BCUT2D eigenvalue weighted by molar-refractivity contribution is 0.251. The van der Waals surface area contributed by atoms with Crippen molar-refractivity contribution >= 4 is 56.9 Å². The second kappa shape index (κ2) is 50.8. The molecule has 0 amide bonds. The average Bonchev–Trinajstić information content (AvgIpc) is 3.34. The second-order valence-corrected chi connectivity index (χ2v) is 25.8. The maximum Gasteiger partial charge on any atom is 0.365 e. The first-order chi connectivity index (χ1) is 32.6. The van der Waals surface area contributed by atoms with Gasteiger partial charge in [-0.1, -0.05) is 234 Å². The molecule has 66 heavy (non-hydrogen) atoms. The maximum absolute atomic E-state index is 6.14. The third-order valence-electron chi connectivity index (χ3n) is 9.94. The van der Waals surface area contributed by atoms with Gasteiger partial charge in [0.05, 0.1) is 26.4 Å². The summed E-state index contributed by atoms with van der Waals surface area (Å²) >= 11 is 5.42. The smallest absolute Gasteiger partial charge is 0.365 e. The predicted molar refractivity (Wildman–Crippen MR) is 301 cm³/mol. The predicted octanol–water partition coefficient (Wildman–Crippen LogP) is 21.6. The van der Waals surface area contributed by atoms with Gasteiger partial charge in [-0.05, 0) is 86.3 Å². The van der Waals surface area contributed by atoms with Crippen LogP contribution in [0.25, 0.3) is 0 Å². The molecule has 0 saturated heterocycles. The van der Waals surface area contributed by atoms with Gasteiger partial charge in [-0.2, -0.15) is 0 Å². The van der Waals surface area contributed by atoms with E-state index in [4.69, 9.17) is 27.1 Å². The summed E-state index contributed by atoms with van der Waals surface area (Å²) in [5.41, 5.74) is 0. The maximum atomic E-state index is 6.14. The van der Waals surface area contributed by atoms with Crippen molar-refractivity contribution in [3.8, 4) is 11.5 Å². The minimum Gasteiger partial charge on any atom is -0.431 e. The Morgan fingerprint density at radius 1 is 0.318 bits per heavy atom. The van der Waals surface area contributed by atoms with Crippen molar-refractivity contribution in [3.05, 3.63) is 91.0 Å². The van der Waals surface area contributed by atoms with Gasteiger partial charge in [0.25, 0.3) is 0 Å². The molecule has 0 N–H and O–H groups in total. The summed E-state index contributed by atoms with van der Waals surface area (Å²) in [5.74, 6) is 3.99. The molecule has 0 spiro atoms. The largest absolute Gasteiger partial charge is 0.431 e. The van der Waals surface area contributed by atoms with Crippen molar-refractivity contribution in [2.75, 3.05) is 37.9 Å². The molecule has 0 radical (unpaired) electrons. The van der Waals surface area contributed by atoms with Crippen LogP contribution in [0.1, 0.15) is 196 Å². The van der Waals surface area contributed by atoms with Crippen molar-refractivity contribution in [1.29, 1.82) is 0 Å². The Labute approximate surface area is 422 Å². The van der Waals surface area contributed by atoms with E-state index in [9.17, 15) is 0 Å². The summed E-state index contributed by atoms with van der Waals surface area (Å²) in [7, 11) is -2.58. The fraction of sp³-hybridized carbons (Fsp3) is 0.667. The fourth-order valence-corrected chi connectivity index (χ4v) is 14.7. The van der Waals surface area contributed by atoms with Gasteiger partial charge in [0.15, 0.2) is 0 Å². The average molecular weight is 1030 g/mol. The SMILES string of the molecule is CCCCCCCCOP(OCCCCCCCC)SCCCCCCCC.CCCCOP(OCCCC)SCCCC.c1ccc(OP(Oc2ccccc2)Sc2ccccc2)cc1. The van der Waals surface area contributed by atoms with Crippen molar-refractivity contribution in [2.24, 2.45) is 0 Å². The molecule has 12 heteroatoms. The first-order valence-electron chi connectivity index (χ1n) is 26.0. The molecule has 378 valence electrons. The monoisotopic (exact) mass is 1030 g/mol. The van der Waals surface area contributed by atoms with Gasteiger partial charge >= 0.3 is 7.58 Å². The zero-order valence-corrected chi connectivity index (χ0v) is 47.5. The van der Waals surface area contributed by atoms with Crippen LogP contribution in [0.2, 0.25) is 0 Å². The summed E-state index contributed by atoms with van der Waals surface area (Å²) in [6.07, 6.45) is 31.3. The van der Waals surface area contributed by atoms with E-state index < -0.39 is 22.7 Å². The third kappa shape index (κ3) is 41.2. The highest BCUT2D eigenvalue weighted by Gasteiger charge is 2.18. The number of para-hydroxylation sites is 2. The molecule has 0 aromatic heterocycles. The summed E-state index contributed by atoms with van der Waals surface area (Å²) in [6.45, 7) is 16.9. The van der Waals surface area contributed by atoms with Crippen LogP contribution in [-0.2, 0) is 18.1 Å². The Balaban J connectivity index is 0.000000513. The topological polar surface area (TPSA) is 55.4 Å². The van der Waals surface area contributed by atoms with Crippen molar-refractivity contribution in [2.45, 2.75) is 201 Å². The number of unbranched alkanes of at least 4 members (excludes halogenated alkanes) is 18. The van der Waals surface area contributed by atoms with Crippen LogP contribution < -0.4 is 9.05 Å². The minimum atomic E-state index is -1.17. The Kier molecular flexibility index (Phi) is 48.9. The zero-order valence-electron chi connectivity index (χ0n) is 42.4. The van der Waals surface area contributed by atoms with E-state index >= 15 is 0 Å². The summed E-state index contributed by atoms with van der Waals surface area (Å²) in [5, 5.41) is 0. The molecule has 3 aromatic rings. The van der Waals surface area contributed by atoms with Gasteiger partial charge in [0.1, 0.15) is 11.5 Å². The fourth-order valence-electron chi connectivity index (χ4n) is 5.90. The highest BCUT2D eigenvalue weighted by atomic mass is 32.7. The van der Waals surface area contributed by atoms with Crippen LogP contribution in [0.5, 0.6) is 11.5 Å². The molecule has 6 nitrogen and oxygen atoms in total. The van der Waals surface area contributed by atoms with Crippen LogP contribution in [0.3, 0.4) is 0 Å². The van der Waals surface area contributed by atoms with E-state index in [1.165, 1.54) is 153 Å². The molecule has 0 aliphatic carbocycles. The Morgan fingerprint density at radius 3 is 1.03 bits per heavy atom. The van der Waals surface area contributed by atoms with Crippen molar-refractivity contribution in [3.63, 3.8) is 0 Å². The summed E-state index contributed by atoms with van der Waals surface area (Å²) < 4.78 is 35.9. The lowest BCUT2D eigenvalue weighted by atomic mass is 10.1. The van der Waals surface area contributed by atoms with Crippen LogP contribution in [0.15, 0.2) is 95.9 Å². The molecule has 3 rings (SSSR count). The molecule has 0 heterocycles. The Bertz CT molecular complexity index is 1210. The first kappa shape index (κ1) is 63.5. The molecule has 0 aliphatic heterocycles. The van der Waals surface area contributed by atoms with Crippen LogP contribution >= 0.6 is 56.9 Å². The molecule has 0 fully saturated rings. The standard InChI is InChI=1S/C24H51O2PS.C18H15O2PS.C12H27O2PS/c1-4-7-10-13-16-19-22-25-27(26-23-20-17-14-11-8-5-2)28-24-21-18-15-12-9-6-3;1-4-10-16(11-5-1)19-21(20-17-12-6-2-7-13-17)22-18-14-8-3-9-15-18;1-4-7-10-13-15(14-11-8-5-2)16-12-9-6-3/h4-24H2,1-3H3;1-15H;4-12H2,1-3H3. The lowest BCUT2D eigenvalue weighted by Gasteiger charge is -2.17. The number of rotatable bonds is 42. The van der Waals surface area contributed by atoms with Gasteiger partial charge < -0.3 is 27.1 Å². The Hall–Kier alpha value is -0.560. The molecule has 0 bridgehead atoms. The van der Waals surface area contributed by atoms with Crippen molar-refractivity contribution in [1.82, 2.24) is 0 Å². The molecule has 0 atom stereocenters. The third-order valence-corrected chi connectivity index (χ3v) is 19.4. The molecular formula is C54H93O6P3S3. The number of hydrogen-bond donors (Lipinski definition) is 0. The van der Waals surface area contributed by atoms with Gasteiger partial charge in [-0.3, -0.25) is 0 Å². The Morgan fingerprint density at radius 2 is 0.636 bits per heavy atom. The van der Waals surface area contributed by atoms with Gasteiger partial charge in [-0.15, -0.1) is 0 Å². The summed E-state index contributed by atoms with van der Waals surface area (Å²) in [6, 6.07) is 29.7. The molecule has 0 unspecified atom stereocenters. The summed E-state index contributed by atoms with van der Waals surface area (Å²) in [4.78, 5) is 1.13. The van der Waals surface area contributed by atoms with Crippen molar-refractivity contribution < 1.29 is 27.1 Å². The number of benzene rings is 3. The van der Waals surface area contributed by atoms with Gasteiger partial charge in [0.2, 0.25) is 15.2 Å². The quantitative estimate of drug-likeness (QED) is 0.0408. The van der Waals surface area contributed by atoms with E-state index in [0.717, 1.165) is 55.7 Å². The van der Waals surface area contributed by atoms with Gasteiger partial charge in [-0.25, -0.2) is 0 Å². The zero-order chi connectivity index (χ0) is 47.6. The van der Waals surface area contributed by atoms with E-state index in [-0.39, 0.29) is 0 Å². The second-order valence-electron chi connectivity index (χ2n) is 16.2. The van der Waals surface area contributed by atoms with Crippen LogP contribution in [-0.4, -0.2) is 37.9 Å². The highest BCUT2D eigenvalue weighted by molar-refractivity contribution is 8.53. The van der Waals surface area contributed by atoms with Crippen LogP contribution in [0.4, 0.5) is 0 Å². The van der Waals surface area contributed by atoms with E-state index in [2.05, 4.69) is 53.7 Å². The highest BCUT2D eigenvalue weighted by Crippen LogP contribution is 2.55. The number of hydrogen-bond acceptors (Lipinski definition) is 9. The molecule has 3 aromatic carbocycles. The normalized spacial score (nSPS) is 11.1. The van der Waals surface area contributed by atoms with E-state index in [1.54, 1.807) is 11.4 Å². The van der Waals surface area contributed by atoms with E-state index in [1.807, 2.05) is 102 Å². The lowest BCUT2D eigenvalue weighted by Crippen LogP contribution is -1.95. The minimum absolute atomic E-state index is 0.679.